The number of hydrogen-bond donors (Lipinski definition) is 2. The van der Waals surface area contributed by atoms with Crippen molar-refractivity contribution >= 4 is 11.6 Å². The second-order valence-electron chi connectivity index (χ2n) is 3.41. The first kappa shape index (κ1) is 11.4. The van der Waals surface area contributed by atoms with Gasteiger partial charge in [-0.1, -0.05) is 6.92 Å². The minimum absolute atomic E-state index is 0.174. The number of hydrogen-bond acceptors (Lipinski definition) is 3. The number of anilines is 1. The van der Waals surface area contributed by atoms with Gasteiger partial charge in [0.05, 0.1) is 13.0 Å². The molecule has 1 aromatic rings. The van der Waals surface area contributed by atoms with Gasteiger partial charge in [-0.15, -0.1) is 0 Å². The number of methoxy groups -OCH3 is 1. The van der Waals surface area contributed by atoms with Crippen molar-refractivity contribution in [1.29, 1.82) is 0 Å². The Labute approximate surface area is 89.4 Å². The summed E-state index contributed by atoms with van der Waals surface area (Å²) in [5.41, 5.74) is 6.09. The van der Waals surface area contributed by atoms with Gasteiger partial charge in [0.1, 0.15) is 5.75 Å². The molecule has 3 N–H and O–H groups in total. The van der Waals surface area contributed by atoms with Crippen LogP contribution in [0.25, 0.3) is 0 Å². The topological polar surface area (TPSA) is 64.3 Å². The standard InChI is InChI=1S/C11H16N2O2/c1-8(11(12)14)7-13-9-3-5-10(15-2)6-4-9/h3-6,8,13H,7H2,1-2H3,(H2,12,14). The summed E-state index contributed by atoms with van der Waals surface area (Å²) in [6.45, 7) is 2.33. The Bertz CT molecular complexity index is 322. The van der Waals surface area contributed by atoms with Gasteiger partial charge in [-0.2, -0.15) is 0 Å². The van der Waals surface area contributed by atoms with E-state index in [9.17, 15) is 4.79 Å². The third kappa shape index (κ3) is 3.50. The van der Waals surface area contributed by atoms with Crippen molar-refractivity contribution in [2.75, 3.05) is 19.0 Å². The number of primary amides is 1. The molecule has 0 heterocycles. The summed E-state index contributed by atoms with van der Waals surface area (Å²) in [5.74, 6) is 0.339. The summed E-state index contributed by atoms with van der Waals surface area (Å²) in [4.78, 5) is 10.8. The second kappa shape index (κ2) is 5.24. The number of ether oxygens (including phenoxy) is 1. The zero-order valence-electron chi connectivity index (χ0n) is 8.99. The first-order chi connectivity index (χ1) is 7.13. The van der Waals surface area contributed by atoms with E-state index in [4.69, 9.17) is 10.5 Å². The molecule has 0 saturated heterocycles. The Kier molecular flexibility index (Phi) is 3.97. The van der Waals surface area contributed by atoms with E-state index in [2.05, 4.69) is 5.32 Å². The summed E-state index contributed by atoms with van der Waals surface area (Å²) in [5, 5.41) is 3.12. The molecule has 0 radical (unpaired) electrons. The molecule has 1 rings (SSSR count). The van der Waals surface area contributed by atoms with Crippen LogP contribution in [0.4, 0.5) is 5.69 Å². The summed E-state index contributed by atoms with van der Waals surface area (Å²) >= 11 is 0. The van der Waals surface area contributed by atoms with Crippen molar-refractivity contribution in [3.8, 4) is 5.75 Å². The first-order valence-electron chi connectivity index (χ1n) is 4.80. The molecular formula is C11H16N2O2. The molecule has 1 atom stereocenters. The highest BCUT2D eigenvalue weighted by Gasteiger charge is 2.07. The number of benzene rings is 1. The monoisotopic (exact) mass is 208 g/mol. The van der Waals surface area contributed by atoms with E-state index in [1.807, 2.05) is 24.3 Å². The van der Waals surface area contributed by atoms with Crippen molar-refractivity contribution in [3.63, 3.8) is 0 Å². The highest BCUT2D eigenvalue weighted by atomic mass is 16.5. The fraction of sp³-hybridized carbons (Fsp3) is 0.364. The van der Waals surface area contributed by atoms with Crippen LogP contribution in [0, 0.1) is 5.92 Å². The Morgan fingerprint density at radius 1 is 1.47 bits per heavy atom. The van der Waals surface area contributed by atoms with Gasteiger partial charge in [0.2, 0.25) is 5.91 Å². The maximum Gasteiger partial charge on any atom is 0.222 e. The predicted octanol–water partition coefficient (Wildman–Crippen LogP) is 1.23. The molecule has 0 aliphatic rings. The van der Waals surface area contributed by atoms with E-state index < -0.39 is 0 Å². The average Bonchev–Trinajstić information content (AvgIpc) is 2.26. The SMILES string of the molecule is COc1ccc(NCC(C)C(N)=O)cc1. The zero-order chi connectivity index (χ0) is 11.3. The quantitative estimate of drug-likeness (QED) is 0.765. The summed E-state index contributed by atoms with van der Waals surface area (Å²) in [7, 11) is 1.62. The fourth-order valence-electron chi connectivity index (χ4n) is 1.08. The zero-order valence-corrected chi connectivity index (χ0v) is 8.99. The Morgan fingerprint density at radius 2 is 2.07 bits per heavy atom. The highest BCUT2D eigenvalue weighted by Crippen LogP contribution is 2.15. The molecule has 0 spiro atoms. The number of carbonyl (C=O) groups excluding carboxylic acids is 1. The van der Waals surface area contributed by atoms with Crippen LogP contribution in [0.1, 0.15) is 6.92 Å². The molecule has 0 saturated carbocycles. The maximum atomic E-state index is 10.8. The van der Waals surface area contributed by atoms with Crippen LogP contribution in [0.2, 0.25) is 0 Å². The van der Waals surface area contributed by atoms with Crippen LogP contribution in [0.5, 0.6) is 5.75 Å². The fourth-order valence-corrected chi connectivity index (χ4v) is 1.08. The molecule has 0 aliphatic heterocycles. The van der Waals surface area contributed by atoms with Gasteiger partial charge < -0.3 is 15.8 Å². The van der Waals surface area contributed by atoms with E-state index in [1.165, 1.54) is 0 Å². The minimum Gasteiger partial charge on any atom is -0.497 e. The van der Waals surface area contributed by atoms with Crippen LogP contribution in [0.3, 0.4) is 0 Å². The van der Waals surface area contributed by atoms with Crippen molar-refractivity contribution in [3.05, 3.63) is 24.3 Å². The number of carbonyl (C=O) groups is 1. The first-order valence-corrected chi connectivity index (χ1v) is 4.80. The molecule has 82 valence electrons. The van der Waals surface area contributed by atoms with E-state index in [-0.39, 0.29) is 11.8 Å². The van der Waals surface area contributed by atoms with E-state index in [0.29, 0.717) is 6.54 Å². The molecule has 0 fully saturated rings. The van der Waals surface area contributed by atoms with Crippen molar-refractivity contribution < 1.29 is 9.53 Å². The Balaban J connectivity index is 2.47. The van der Waals surface area contributed by atoms with Gasteiger partial charge >= 0.3 is 0 Å². The van der Waals surface area contributed by atoms with Crippen LogP contribution in [-0.2, 0) is 4.79 Å². The van der Waals surface area contributed by atoms with Crippen molar-refractivity contribution in [2.45, 2.75) is 6.92 Å². The van der Waals surface area contributed by atoms with Gasteiger partial charge in [-0.25, -0.2) is 0 Å². The molecule has 15 heavy (non-hydrogen) atoms. The molecule has 1 aromatic carbocycles. The summed E-state index contributed by atoms with van der Waals surface area (Å²) in [6.07, 6.45) is 0. The third-order valence-electron chi connectivity index (χ3n) is 2.19. The lowest BCUT2D eigenvalue weighted by atomic mass is 10.1. The van der Waals surface area contributed by atoms with E-state index >= 15 is 0 Å². The predicted molar refractivity (Wildman–Crippen MR) is 59.8 cm³/mol. The molecule has 0 bridgehead atoms. The van der Waals surface area contributed by atoms with E-state index in [0.717, 1.165) is 11.4 Å². The molecule has 0 aliphatic carbocycles. The lowest BCUT2D eigenvalue weighted by molar-refractivity contribution is -0.120. The van der Waals surface area contributed by atoms with Gasteiger partial charge in [0.15, 0.2) is 0 Å². The highest BCUT2D eigenvalue weighted by molar-refractivity contribution is 5.76. The smallest absolute Gasteiger partial charge is 0.222 e. The van der Waals surface area contributed by atoms with Crippen LogP contribution < -0.4 is 15.8 Å². The molecule has 4 nitrogen and oxygen atoms in total. The average molecular weight is 208 g/mol. The molecule has 1 unspecified atom stereocenters. The third-order valence-corrected chi connectivity index (χ3v) is 2.19. The Hall–Kier alpha value is -1.71. The number of nitrogens with two attached hydrogens (primary N) is 1. The van der Waals surface area contributed by atoms with Crippen molar-refractivity contribution in [2.24, 2.45) is 11.7 Å². The Morgan fingerprint density at radius 3 is 2.53 bits per heavy atom. The number of nitrogens with one attached hydrogen (secondary N) is 1. The van der Waals surface area contributed by atoms with Gasteiger partial charge in [-0.05, 0) is 24.3 Å². The van der Waals surface area contributed by atoms with Gasteiger partial charge in [0.25, 0.3) is 0 Å². The molecular weight excluding hydrogens is 192 g/mol. The van der Waals surface area contributed by atoms with E-state index in [1.54, 1.807) is 14.0 Å². The van der Waals surface area contributed by atoms with Gasteiger partial charge in [-0.3, -0.25) is 4.79 Å². The largest absolute Gasteiger partial charge is 0.497 e. The normalized spacial score (nSPS) is 11.9. The molecule has 4 heteroatoms. The van der Waals surface area contributed by atoms with Crippen LogP contribution in [-0.4, -0.2) is 19.6 Å². The minimum atomic E-state index is -0.295. The molecule has 1 amide bonds. The lowest BCUT2D eigenvalue weighted by Gasteiger charge is -2.10. The maximum absolute atomic E-state index is 10.8. The van der Waals surface area contributed by atoms with Gasteiger partial charge in [0, 0.05) is 12.2 Å². The number of rotatable bonds is 5. The van der Waals surface area contributed by atoms with Crippen LogP contribution in [0.15, 0.2) is 24.3 Å². The summed E-state index contributed by atoms with van der Waals surface area (Å²) < 4.78 is 5.03. The second-order valence-corrected chi connectivity index (χ2v) is 3.41. The van der Waals surface area contributed by atoms with Crippen LogP contribution >= 0.6 is 0 Å². The lowest BCUT2D eigenvalue weighted by Crippen LogP contribution is -2.26. The number of amides is 1. The molecule has 0 aromatic heterocycles. The van der Waals surface area contributed by atoms with Crippen molar-refractivity contribution in [1.82, 2.24) is 0 Å². The summed E-state index contributed by atoms with van der Waals surface area (Å²) in [6, 6.07) is 7.51.